The Kier molecular flexibility index (Phi) is 4.41. The molecule has 27 heavy (non-hydrogen) atoms. The molecular formula is C17H17F3N2O5. The number of hydrogen-bond donors (Lipinski definition) is 3. The van der Waals surface area contributed by atoms with E-state index < -0.39 is 59.2 Å². The number of carbonyl (C=O) groups is 3. The number of imide groups is 1. The van der Waals surface area contributed by atoms with E-state index in [0.717, 1.165) is 12.1 Å². The van der Waals surface area contributed by atoms with Crippen LogP contribution in [0, 0.1) is 17.8 Å². The number of nitrogens with one attached hydrogen (secondary N) is 2. The summed E-state index contributed by atoms with van der Waals surface area (Å²) in [6.45, 7) is 3.19. The molecule has 10 heteroatoms. The maximum absolute atomic E-state index is 12.5. The second kappa shape index (κ2) is 6.22. The molecule has 0 bridgehead atoms. The van der Waals surface area contributed by atoms with Crippen molar-refractivity contribution >= 4 is 17.8 Å². The van der Waals surface area contributed by atoms with Crippen LogP contribution < -0.4 is 15.4 Å². The molecule has 2 saturated heterocycles. The summed E-state index contributed by atoms with van der Waals surface area (Å²) in [4.78, 5) is 36.7. The number of ether oxygens (including phenoxy) is 1. The molecule has 0 saturated carbocycles. The standard InChI is InChI=1S/C17H17F3N2O5/c1-7(2)16(15(25)26)11-10(13(23)21-14(11)24)12(22-16)8-4-3-5-9(6-8)27-17(18,19)20/h3-7,10-12,22H,1-2H3,(H,25,26)(H,21,23,24). The topological polar surface area (TPSA) is 105 Å². The number of halogens is 3. The van der Waals surface area contributed by atoms with E-state index >= 15 is 0 Å². The SMILES string of the molecule is CC(C)C1(C(=O)O)NC(c2cccc(OC(F)(F)F)c2)C2C(=O)NC(=O)C21. The molecule has 7 nitrogen and oxygen atoms in total. The second-order valence-corrected chi connectivity index (χ2v) is 6.93. The fourth-order valence-corrected chi connectivity index (χ4v) is 4.03. The number of carboxylic acids is 1. The Morgan fingerprint density at radius 3 is 2.48 bits per heavy atom. The van der Waals surface area contributed by atoms with Gasteiger partial charge in [0.25, 0.3) is 0 Å². The molecule has 2 fully saturated rings. The van der Waals surface area contributed by atoms with Gasteiger partial charge in [0, 0.05) is 6.04 Å². The van der Waals surface area contributed by atoms with Crippen LogP contribution in [0.5, 0.6) is 5.75 Å². The molecule has 3 N–H and O–H groups in total. The molecule has 146 valence electrons. The van der Waals surface area contributed by atoms with Gasteiger partial charge in [-0.15, -0.1) is 13.2 Å². The van der Waals surface area contributed by atoms with Crippen LogP contribution in [0.4, 0.5) is 13.2 Å². The number of hydrogen-bond acceptors (Lipinski definition) is 5. The number of benzene rings is 1. The minimum absolute atomic E-state index is 0.223. The number of fused-ring (bicyclic) bond motifs is 1. The summed E-state index contributed by atoms with van der Waals surface area (Å²) in [5.74, 6) is -5.98. The average Bonchev–Trinajstić information content (AvgIpc) is 3.04. The highest BCUT2D eigenvalue weighted by atomic mass is 19.4. The van der Waals surface area contributed by atoms with Crippen molar-refractivity contribution in [1.29, 1.82) is 0 Å². The molecule has 4 unspecified atom stereocenters. The van der Waals surface area contributed by atoms with Gasteiger partial charge in [-0.05, 0) is 23.6 Å². The quantitative estimate of drug-likeness (QED) is 0.679. The van der Waals surface area contributed by atoms with Crippen molar-refractivity contribution in [2.24, 2.45) is 17.8 Å². The highest BCUT2D eigenvalue weighted by Gasteiger charge is 2.67. The fourth-order valence-electron chi connectivity index (χ4n) is 4.03. The lowest BCUT2D eigenvalue weighted by Crippen LogP contribution is -2.59. The minimum Gasteiger partial charge on any atom is -0.480 e. The highest BCUT2D eigenvalue weighted by Crippen LogP contribution is 2.49. The Morgan fingerprint density at radius 2 is 1.93 bits per heavy atom. The average molecular weight is 386 g/mol. The van der Waals surface area contributed by atoms with Gasteiger partial charge in [0.1, 0.15) is 11.3 Å². The molecular weight excluding hydrogens is 369 g/mol. The van der Waals surface area contributed by atoms with Crippen molar-refractivity contribution in [3.05, 3.63) is 29.8 Å². The maximum Gasteiger partial charge on any atom is 0.573 e. The first-order valence-corrected chi connectivity index (χ1v) is 8.19. The Hall–Kier alpha value is -2.62. The molecule has 2 aliphatic heterocycles. The van der Waals surface area contributed by atoms with Crippen molar-refractivity contribution < 1.29 is 37.4 Å². The predicted octanol–water partition coefficient (Wildman–Crippen LogP) is 1.60. The van der Waals surface area contributed by atoms with Crippen LogP contribution in [0.25, 0.3) is 0 Å². The van der Waals surface area contributed by atoms with Crippen molar-refractivity contribution in [3.8, 4) is 5.75 Å². The third-order valence-corrected chi connectivity index (χ3v) is 5.15. The molecule has 1 aromatic carbocycles. The molecule has 2 amide bonds. The number of aliphatic carboxylic acids is 1. The second-order valence-electron chi connectivity index (χ2n) is 6.93. The lowest BCUT2D eigenvalue weighted by molar-refractivity contribution is -0.274. The van der Waals surface area contributed by atoms with Gasteiger partial charge >= 0.3 is 12.3 Å². The normalized spacial score (nSPS) is 30.4. The lowest BCUT2D eigenvalue weighted by atomic mass is 9.73. The number of amides is 2. The molecule has 3 rings (SSSR count). The first-order valence-electron chi connectivity index (χ1n) is 8.19. The Morgan fingerprint density at radius 1 is 1.26 bits per heavy atom. The summed E-state index contributed by atoms with van der Waals surface area (Å²) in [5, 5.41) is 14.8. The number of rotatable bonds is 4. The molecule has 4 atom stereocenters. The van der Waals surface area contributed by atoms with E-state index in [4.69, 9.17) is 0 Å². The van der Waals surface area contributed by atoms with Crippen molar-refractivity contribution in [2.75, 3.05) is 0 Å². The number of carboxylic acid groups (broad SMARTS) is 1. The van der Waals surface area contributed by atoms with Crippen LogP contribution in [0.3, 0.4) is 0 Å². The van der Waals surface area contributed by atoms with Crippen LogP contribution in [-0.4, -0.2) is 34.8 Å². The third-order valence-electron chi connectivity index (χ3n) is 5.15. The van der Waals surface area contributed by atoms with Crippen molar-refractivity contribution in [2.45, 2.75) is 31.8 Å². The Balaban J connectivity index is 2.07. The van der Waals surface area contributed by atoms with E-state index in [9.17, 15) is 32.7 Å². The summed E-state index contributed by atoms with van der Waals surface area (Å²) < 4.78 is 41.4. The largest absolute Gasteiger partial charge is 0.573 e. The van der Waals surface area contributed by atoms with E-state index in [1.807, 2.05) is 0 Å². The van der Waals surface area contributed by atoms with Gasteiger partial charge in [-0.25, -0.2) is 0 Å². The Bertz CT molecular complexity index is 810. The van der Waals surface area contributed by atoms with Gasteiger partial charge in [0.15, 0.2) is 0 Å². The van der Waals surface area contributed by atoms with Crippen LogP contribution >= 0.6 is 0 Å². The fraction of sp³-hybridized carbons (Fsp3) is 0.471. The van der Waals surface area contributed by atoms with Crippen molar-refractivity contribution in [1.82, 2.24) is 10.6 Å². The van der Waals surface area contributed by atoms with E-state index in [-0.39, 0.29) is 5.56 Å². The summed E-state index contributed by atoms with van der Waals surface area (Å²) in [7, 11) is 0. The van der Waals surface area contributed by atoms with Crippen LogP contribution in [0.2, 0.25) is 0 Å². The van der Waals surface area contributed by atoms with Gasteiger partial charge in [0.2, 0.25) is 11.8 Å². The lowest BCUT2D eigenvalue weighted by Gasteiger charge is -2.33. The number of carbonyl (C=O) groups excluding carboxylic acids is 2. The molecule has 0 aromatic heterocycles. The minimum atomic E-state index is -4.90. The first-order chi connectivity index (χ1) is 12.5. The number of alkyl halides is 3. The zero-order valence-electron chi connectivity index (χ0n) is 14.3. The zero-order valence-corrected chi connectivity index (χ0v) is 14.3. The van der Waals surface area contributed by atoms with Crippen LogP contribution in [0.1, 0.15) is 25.5 Å². The van der Waals surface area contributed by atoms with E-state index in [0.29, 0.717) is 0 Å². The summed E-state index contributed by atoms with van der Waals surface area (Å²) >= 11 is 0. The van der Waals surface area contributed by atoms with E-state index in [2.05, 4.69) is 15.4 Å². The highest BCUT2D eigenvalue weighted by molar-refractivity contribution is 6.09. The van der Waals surface area contributed by atoms with E-state index in [1.54, 1.807) is 13.8 Å². The van der Waals surface area contributed by atoms with Gasteiger partial charge in [-0.1, -0.05) is 26.0 Å². The molecule has 1 aromatic rings. The smallest absolute Gasteiger partial charge is 0.480 e. The van der Waals surface area contributed by atoms with Gasteiger partial charge in [-0.2, -0.15) is 0 Å². The van der Waals surface area contributed by atoms with Crippen LogP contribution in [-0.2, 0) is 14.4 Å². The first kappa shape index (κ1) is 19.2. The molecule has 2 heterocycles. The van der Waals surface area contributed by atoms with Crippen LogP contribution in [0.15, 0.2) is 24.3 Å². The molecule has 0 aliphatic carbocycles. The monoisotopic (exact) mass is 386 g/mol. The summed E-state index contributed by atoms with van der Waals surface area (Å²) in [6, 6.07) is 3.97. The van der Waals surface area contributed by atoms with Crippen molar-refractivity contribution in [3.63, 3.8) is 0 Å². The van der Waals surface area contributed by atoms with Gasteiger partial charge < -0.3 is 9.84 Å². The Labute approximate surface area is 151 Å². The predicted molar refractivity (Wildman–Crippen MR) is 84.3 cm³/mol. The molecule has 0 spiro atoms. The van der Waals surface area contributed by atoms with Gasteiger partial charge in [0.05, 0.1) is 11.8 Å². The van der Waals surface area contributed by atoms with Gasteiger partial charge in [-0.3, -0.25) is 25.0 Å². The molecule has 0 radical (unpaired) electrons. The third kappa shape index (κ3) is 3.03. The molecule has 2 aliphatic rings. The zero-order chi connectivity index (χ0) is 20.1. The summed E-state index contributed by atoms with van der Waals surface area (Å²) in [6.07, 6.45) is -4.90. The van der Waals surface area contributed by atoms with E-state index in [1.165, 1.54) is 12.1 Å². The maximum atomic E-state index is 12.5. The summed E-state index contributed by atoms with van der Waals surface area (Å²) in [5.41, 5.74) is -1.51.